The Kier molecular flexibility index (Phi) is 5.52. The molecule has 1 aliphatic heterocycles. The van der Waals surface area contributed by atoms with Gasteiger partial charge in [0, 0.05) is 49.7 Å². The van der Waals surface area contributed by atoms with E-state index in [1.807, 2.05) is 24.0 Å². The number of hydrogen-bond acceptors (Lipinski definition) is 4. The van der Waals surface area contributed by atoms with Gasteiger partial charge in [0.2, 0.25) is 5.91 Å². The number of halogens is 1. The first-order chi connectivity index (χ1) is 13.9. The number of likely N-dealkylation sites (tertiary alicyclic amines) is 1. The van der Waals surface area contributed by atoms with E-state index in [1.54, 1.807) is 19.1 Å². The molecule has 1 amide bonds. The monoisotopic (exact) mass is 396 g/mol. The number of amides is 1. The minimum atomic E-state index is -0.176. The first-order valence-corrected chi connectivity index (χ1v) is 10.6. The number of benzene rings is 1. The van der Waals surface area contributed by atoms with Gasteiger partial charge in [-0.15, -0.1) is 0 Å². The van der Waals surface area contributed by atoms with Crippen molar-refractivity contribution in [3.8, 4) is 0 Å². The molecule has 1 atom stereocenters. The zero-order valence-electron chi connectivity index (χ0n) is 17.2. The van der Waals surface area contributed by atoms with Gasteiger partial charge in [-0.1, -0.05) is 25.0 Å². The van der Waals surface area contributed by atoms with Crippen LogP contribution in [0.15, 0.2) is 30.3 Å². The molecular weight excluding hydrogens is 367 g/mol. The highest BCUT2D eigenvalue weighted by Gasteiger charge is 2.36. The van der Waals surface area contributed by atoms with Gasteiger partial charge in [-0.2, -0.15) is 0 Å². The Morgan fingerprint density at radius 3 is 2.76 bits per heavy atom. The maximum atomic E-state index is 13.9. The van der Waals surface area contributed by atoms with Gasteiger partial charge in [0.1, 0.15) is 17.5 Å². The predicted octanol–water partition coefficient (Wildman–Crippen LogP) is 4.18. The van der Waals surface area contributed by atoms with Gasteiger partial charge < -0.3 is 10.2 Å². The zero-order chi connectivity index (χ0) is 20.4. The van der Waals surface area contributed by atoms with Crippen molar-refractivity contribution < 1.29 is 9.18 Å². The molecule has 1 saturated heterocycles. The summed E-state index contributed by atoms with van der Waals surface area (Å²) in [5.74, 6) is 1.74. The van der Waals surface area contributed by atoms with Crippen LogP contribution in [0.1, 0.15) is 62.0 Å². The van der Waals surface area contributed by atoms with Crippen LogP contribution in [0, 0.1) is 12.7 Å². The minimum absolute atomic E-state index is 0.0556. The third-order valence-electron chi connectivity index (χ3n) is 6.48. The molecule has 1 saturated carbocycles. The number of rotatable bonds is 5. The third-order valence-corrected chi connectivity index (χ3v) is 6.48. The number of anilines is 1. The summed E-state index contributed by atoms with van der Waals surface area (Å²) in [6.45, 7) is 5.77. The van der Waals surface area contributed by atoms with Gasteiger partial charge in [-0.25, -0.2) is 14.4 Å². The van der Waals surface area contributed by atoms with Gasteiger partial charge in [-0.05, 0) is 43.9 Å². The summed E-state index contributed by atoms with van der Waals surface area (Å²) in [5.41, 5.74) is 1.94. The van der Waals surface area contributed by atoms with E-state index in [0.29, 0.717) is 6.54 Å². The van der Waals surface area contributed by atoms with E-state index in [0.717, 1.165) is 68.1 Å². The molecule has 2 aliphatic rings. The first-order valence-electron chi connectivity index (χ1n) is 10.6. The Morgan fingerprint density at radius 2 is 2.07 bits per heavy atom. The zero-order valence-corrected chi connectivity index (χ0v) is 17.2. The molecule has 1 aliphatic carbocycles. The first kappa shape index (κ1) is 19.8. The molecule has 1 N–H and O–H groups in total. The fourth-order valence-electron chi connectivity index (χ4n) is 4.82. The number of hydrogen-bond donors (Lipinski definition) is 1. The molecule has 6 heteroatoms. The average Bonchev–Trinajstić information content (AvgIpc) is 3.37. The minimum Gasteiger partial charge on any atom is -0.369 e. The van der Waals surface area contributed by atoms with Gasteiger partial charge in [0.15, 0.2) is 0 Å². The SMILES string of the molecule is CC(=O)N1CC[C@H](c2nc(C)cc(NCC3(c4cccc(F)c4)CCCC3)n2)C1. The average molecular weight is 397 g/mol. The van der Waals surface area contributed by atoms with E-state index in [-0.39, 0.29) is 23.1 Å². The number of nitrogens with one attached hydrogen (secondary N) is 1. The summed E-state index contributed by atoms with van der Waals surface area (Å²) in [4.78, 5) is 22.9. The second kappa shape index (κ2) is 8.09. The second-order valence-electron chi connectivity index (χ2n) is 8.55. The highest BCUT2D eigenvalue weighted by atomic mass is 19.1. The summed E-state index contributed by atoms with van der Waals surface area (Å²) in [7, 11) is 0. The van der Waals surface area contributed by atoms with Crippen molar-refractivity contribution in [2.75, 3.05) is 25.0 Å². The van der Waals surface area contributed by atoms with Crippen molar-refractivity contribution in [2.24, 2.45) is 0 Å². The lowest BCUT2D eigenvalue weighted by Gasteiger charge is -2.30. The van der Waals surface area contributed by atoms with E-state index in [1.165, 1.54) is 6.07 Å². The molecular formula is C23H29FN4O. The van der Waals surface area contributed by atoms with Crippen LogP contribution in [0.4, 0.5) is 10.2 Å². The van der Waals surface area contributed by atoms with Crippen LogP contribution >= 0.6 is 0 Å². The molecule has 29 heavy (non-hydrogen) atoms. The lowest BCUT2D eigenvalue weighted by Crippen LogP contribution is -2.32. The van der Waals surface area contributed by atoms with Crippen LogP contribution in [0.3, 0.4) is 0 Å². The molecule has 2 heterocycles. The molecule has 154 valence electrons. The van der Waals surface area contributed by atoms with Gasteiger partial charge in [0.05, 0.1) is 0 Å². The maximum absolute atomic E-state index is 13.9. The molecule has 5 nitrogen and oxygen atoms in total. The Morgan fingerprint density at radius 1 is 1.28 bits per heavy atom. The van der Waals surface area contributed by atoms with E-state index in [2.05, 4.69) is 10.3 Å². The van der Waals surface area contributed by atoms with Gasteiger partial charge in [-0.3, -0.25) is 4.79 Å². The van der Waals surface area contributed by atoms with Crippen molar-refractivity contribution in [1.82, 2.24) is 14.9 Å². The molecule has 1 aromatic heterocycles. The Hall–Kier alpha value is -2.50. The lowest BCUT2D eigenvalue weighted by atomic mass is 9.78. The second-order valence-corrected chi connectivity index (χ2v) is 8.55. The molecule has 2 aromatic rings. The molecule has 4 rings (SSSR count). The van der Waals surface area contributed by atoms with Gasteiger partial charge >= 0.3 is 0 Å². The summed E-state index contributed by atoms with van der Waals surface area (Å²) in [6, 6.07) is 9.00. The summed E-state index contributed by atoms with van der Waals surface area (Å²) >= 11 is 0. The lowest BCUT2D eigenvalue weighted by molar-refractivity contribution is -0.127. The van der Waals surface area contributed by atoms with Crippen LogP contribution in [-0.2, 0) is 10.2 Å². The van der Waals surface area contributed by atoms with Crippen molar-refractivity contribution in [3.05, 3.63) is 53.2 Å². The quantitative estimate of drug-likeness (QED) is 0.824. The van der Waals surface area contributed by atoms with Crippen molar-refractivity contribution in [3.63, 3.8) is 0 Å². The van der Waals surface area contributed by atoms with Gasteiger partial charge in [0.25, 0.3) is 0 Å². The summed E-state index contributed by atoms with van der Waals surface area (Å²) in [6.07, 6.45) is 5.33. The Bertz CT molecular complexity index is 894. The predicted molar refractivity (Wildman–Crippen MR) is 111 cm³/mol. The number of carbonyl (C=O) groups excluding carboxylic acids is 1. The normalized spacial score (nSPS) is 20.8. The van der Waals surface area contributed by atoms with E-state index < -0.39 is 0 Å². The number of carbonyl (C=O) groups is 1. The third kappa shape index (κ3) is 4.26. The highest BCUT2D eigenvalue weighted by molar-refractivity contribution is 5.73. The topological polar surface area (TPSA) is 58.1 Å². The largest absolute Gasteiger partial charge is 0.369 e. The number of aryl methyl sites for hydroxylation is 1. The van der Waals surface area contributed by atoms with Crippen molar-refractivity contribution in [2.45, 2.75) is 57.3 Å². The van der Waals surface area contributed by atoms with Crippen LogP contribution in [0.5, 0.6) is 0 Å². The fraction of sp³-hybridized carbons (Fsp3) is 0.522. The molecule has 2 fully saturated rings. The Labute approximate surface area is 171 Å². The van der Waals surface area contributed by atoms with E-state index in [4.69, 9.17) is 4.98 Å². The molecule has 1 aromatic carbocycles. The molecule has 0 radical (unpaired) electrons. The van der Waals surface area contributed by atoms with E-state index >= 15 is 0 Å². The van der Waals surface area contributed by atoms with Crippen LogP contribution < -0.4 is 5.32 Å². The Balaban J connectivity index is 1.52. The molecule has 0 unspecified atom stereocenters. The summed E-state index contributed by atoms with van der Waals surface area (Å²) in [5, 5.41) is 3.53. The molecule has 0 spiro atoms. The van der Waals surface area contributed by atoms with Crippen molar-refractivity contribution in [1.29, 1.82) is 0 Å². The number of aromatic nitrogens is 2. The van der Waals surface area contributed by atoms with Crippen LogP contribution in [0.2, 0.25) is 0 Å². The highest BCUT2D eigenvalue weighted by Crippen LogP contribution is 2.41. The maximum Gasteiger partial charge on any atom is 0.219 e. The van der Waals surface area contributed by atoms with Crippen LogP contribution in [0.25, 0.3) is 0 Å². The van der Waals surface area contributed by atoms with E-state index in [9.17, 15) is 9.18 Å². The molecule has 0 bridgehead atoms. The summed E-state index contributed by atoms with van der Waals surface area (Å²) < 4.78 is 13.9. The fourth-order valence-corrected chi connectivity index (χ4v) is 4.82. The smallest absolute Gasteiger partial charge is 0.219 e. The standard InChI is InChI=1S/C23H29FN4O/c1-16-12-21(27-22(26-16)18-8-11-28(14-18)17(2)29)25-15-23(9-3-4-10-23)19-6-5-7-20(24)13-19/h5-7,12-13,18H,3-4,8-11,14-15H2,1-2H3,(H,25,26,27)/t18-/m0/s1. The van der Waals surface area contributed by atoms with Crippen LogP contribution in [-0.4, -0.2) is 40.4 Å². The number of nitrogens with zero attached hydrogens (tertiary/aromatic N) is 3. The van der Waals surface area contributed by atoms with Crippen molar-refractivity contribution >= 4 is 11.7 Å².